The van der Waals surface area contributed by atoms with Gasteiger partial charge in [-0.15, -0.1) is 0 Å². The van der Waals surface area contributed by atoms with Crippen molar-refractivity contribution in [3.05, 3.63) is 33.1 Å². The molecule has 5 unspecified atom stereocenters. The fourth-order valence-corrected chi connectivity index (χ4v) is 3.18. The summed E-state index contributed by atoms with van der Waals surface area (Å²) in [6.07, 6.45) is -0.897. The van der Waals surface area contributed by atoms with Gasteiger partial charge in [-0.05, 0) is 0 Å². The van der Waals surface area contributed by atoms with Crippen molar-refractivity contribution >= 4 is 0 Å². The van der Waals surface area contributed by atoms with E-state index in [4.69, 9.17) is 4.74 Å². The van der Waals surface area contributed by atoms with E-state index in [1.54, 1.807) is 6.07 Å². The number of aromatic nitrogens is 2. The van der Waals surface area contributed by atoms with Crippen molar-refractivity contribution in [2.75, 3.05) is 13.3 Å². The zero-order chi connectivity index (χ0) is 16.3. The molecule has 22 heavy (non-hydrogen) atoms. The first-order valence-electron chi connectivity index (χ1n) is 6.33. The number of nitrogens with one attached hydrogen (secondary N) is 1. The average molecular weight is 313 g/mol. The second-order valence-corrected chi connectivity index (χ2v) is 5.45. The van der Waals surface area contributed by atoms with Gasteiger partial charge in [0, 0.05) is 12.3 Å². The van der Waals surface area contributed by atoms with Gasteiger partial charge in [-0.2, -0.15) is 5.26 Å². The SMILES string of the molecule is N#CC12OC(CO)(CF)C(O)C1(O)C2n1ccc(=O)[nH]c1=O. The summed E-state index contributed by atoms with van der Waals surface area (Å²) in [5.74, 6) is 0. The molecule has 2 fully saturated rings. The molecule has 1 aromatic rings. The molecular weight excluding hydrogens is 301 g/mol. The van der Waals surface area contributed by atoms with Gasteiger partial charge in [0.25, 0.3) is 5.56 Å². The first-order valence-corrected chi connectivity index (χ1v) is 6.33. The molecule has 4 N–H and O–H groups in total. The molecule has 1 aliphatic heterocycles. The number of H-pyrrole nitrogens is 1. The van der Waals surface area contributed by atoms with Crippen molar-refractivity contribution in [1.29, 1.82) is 5.26 Å². The standard InChI is InChI=1S/C12H12FN3O6/c13-3-10(5-17)8(19)12(21)7(11(12,4-14)22-10)16-2-1-6(18)15-9(16)20/h1-2,7-8,17,19,21H,3,5H2,(H,15,18,20). The largest absolute Gasteiger partial charge is 0.393 e. The van der Waals surface area contributed by atoms with E-state index in [0.717, 1.165) is 16.8 Å². The quantitative estimate of drug-likeness (QED) is 0.470. The Balaban J connectivity index is 2.12. The monoisotopic (exact) mass is 313 g/mol. The van der Waals surface area contributed by atoms with Crippen molar-refractivity contribution in [2.24, 2.45) is 0 Å². The highest BCUT2D eigenvalue weighted by Gasteiger charge is 2.92. The third-order valence-electron chi connectivity index (χ3n) is 4.38. The average Bonchev–Trinajstić information content (AvgIpc) is 2.96. The Bertz CT molecular complexity index is 780. The molecule has 9 nitrogen and oxygen atoms in total. The van der Waals surface area contributed by atoms with E-state index >= 15 is 0 Å². The molecule has 0 spiro atoms. The van der Waals surface area contributed by atoms with E-state index < -0.39 is 53.5 Å². The first kappa shape index (κ1) is 14.9. The number of halogens is 1. The lowest BCUT2D eigenvalue weighted by atomic mass is 9.94. The predicted molar refractivity (Wildman–Crippen MR) is 66.5 cm³/mol. The summed E-state index contributed by atoms with van der Waals surface area (Å²) >= 11 is 0. The zero-order valence-electron chi connectivity index (χ0n) is 11.1. The van der Waals surface area contributed by atoms with Gasteiger partial charge in [0.05, 0.1) is 6.61 Å². The van der Waals surface area contributed by atoms with E-state index in [1.807, 2.05) is 4.98 Å². The van der Waals surface area contributed by atoms with Crippen LogP contribution in [0.4, 0.5) is 4.39 Å². The van der Waals surface area contributed by atoms with Crippen LogP contribution in [0.5, 0.6) is 0 Å². The topological polar surface area (TPSA) is 149 Å². The summed E-state index contributed by atoms with van der Waals surface area (Å²) in [6.45, 7) is -2.28. The van der Waals surface area contributed by atoms with Gasteiger partial charge in [0.2, 0.25) is 5.60 Å². The van der Waals surface area contributed by atoms with Gasteiger partial charge in [0.1, 0.15) is 24.9 Å². The number of hydrogen-bond donors (Lipinski definition) is 4. The molecule has 0 aromatic carbocycles. The highest BCUT2D eigenvalue weighted by Crippen LogP contribution is 2.69. The van der Waals surface area contributed by atoms with Crippen molar-refractivity contribution in [1.82, 2.24) is 9.55 Å². The van der Waals surface area contributed by atoms with Crippen LogP contribution >= 0.6 is 0 Å². The first-order chi connectivity index (χ1) is 10.3. The molecule has 118 valence electrons. The Morgan fingerprint density at radius 1 is 1.55 bits per heavy atom. The minimum Gasteiger partial charge on any atom is -0.393 e. The molecular formula is C12H12FN3O6. The highest BCUT2D eigenvalue weighted by atomic mass is 19.1. The number of hydrogen-bond acceptors (Lipinski definition) is 7. The molecule has 1 aliphatic carbocycles. The summed E-state index contributed by atoms with van der Waals surface area (Å²) in [6, 6.07) is 1.29. The molecule has 3 rings (SSSR count). The number of aliphatic hydroxyl groups is 3. The maximum absolute atomic E-state index is 13.2. The minimum absolute atomic E-state index is 0.681. The molecule has 0 radical (unpaired) electrons. The third kappa shape index (κ3) is 1.39. The number of ether oxygens (including phenoxy) is 1. The number of nitrogens with zero attached hydrogens (tertiary/aromatic N) is 2. The van der Waals surface area contributed by atoms with Crippen molar-refractivity contribution < 1.29 is 24.4 Å². The minimum atomic E-state index is -2.28. The number of alkyl halides is 1. The summed E-state index contributed by atoms with van der Waals surface area (Å²) in [5, 5.41) is 39.3. The van der Waals surface area contributed by atoms with E-state index in [-0.39, 0.29) is 0 Å². The Hall–Kier alpha value is -2.06. The van der Waals surface area contributed by atoms with Gasteiger partial charge in [-0.3, -0.25) is 14.3 Å². The van der Waals surface area contributed by atoms with Gasteiger partial charge in [0.15, 0.2) is 11.2 Å². The van der Waals surface area contributed by atoms with Gasteiger partial charge < -0.3 is 20.1 Å². The Labute approximate surface area is 121 Å². The zero-order valence-corrected chi connectivity index (χ0v) is 11.1. The fourth-order valence-electron chi connectivity index (χ4n) is 3.18. The van der Waals surface area contributed by atoms with Crippen molar-refractivity contribution in [3.63, 3.8) is 0 Å². The molecule has 5 atom stereocenters. The normalized spacial score (nSPS) is 42.7. The second-order valence-electron chi connectivity index (χ2n) is 5.45. The summed E-state index contributed by atoms with van der Waals surface area (Å²) in [7, 11) is 0. The number of aromatic amines is 1. The van der Waals surface area contributed by atoms with E-state index in [1.165, 1.54) is 0 Å². The molecule has 0 bridgehead atoms. The van der Waals surface area contributed by atoms with Gasteiger partial charge in [-0.1, -0.05) is 0 Å². The highest BCUT2D eigenvalue weighted by molar-refractivity contribution is 5.46. The van der Waals surface area contributed by atoms with Crippen LogP contribution in [0.2, 0.25) is 0 Å². The smallest absolute Gasteiger partial charge is 0.328 e. The Kier molecular flexibility index (Phi) is 2.86. The van der Waals surface area contributed by atoms with Crippen molar-refractivity contribution in [3.8, 4) is 6.07 Å². The molecule has 1 saturated carbocycles. The van der Waals surface area contributed by atoms with Crippen LogP contribution in [0.15, 0.2) is 21.9 Å². The maximum atomic E-state index is 13.2. The summed E-state index contributed by atoms with van der Waals surface area (Å²) in [4.78, 5) is 24.8. The van der Waals surface area contributed by atoms with Crippen LogP contribution in [0.3, 0.4) is 0 Å². The van der Waals surface area contributed by atoms with E-state index in [0.29, 0.717) is 0 Å². The van der Waals surface area contributed by atoms with Gasteiger partial charge in [-0.25, -0.2) is 9.18 Å². The number of nitriles is 1. The lowest BCUT2D eigenvalue weighted by Crippen LogP contribution is -2.53. The lowest BCUT2D eigenvalue weighted by Gasteiger charge is -2.32. The number of aliphatic hydroxyl groups excluding tert-OH is 2. The van der Waals surface area contributed by atoms with E-state index in [2.05, 4.69) is 0 Å². The van der Waals surface area contributed by atoms with E-state index in [9.17, 15) is 34.6 Å². The van der Waals surface area contributed by atoms with Crippen LogP contribution in [0.25, 0.3) is 0 Å². The van der Waals surface area contributed by atoms with Crippen LogP contribution in [0, 0.1) is 11.3 Å². The molecule has 0 amide bonds. The number of rotatable bonds is 3. The van der Waals surface area contributed by atoms with Crippen LogP contribution < -0.4 is 11.2 Å². The number of fused-ring (bicyclic) bond motifs is 1. The predicted octanol–water partition coefficient (Wildman–Crippen LogP) is -2.82. The molecule has 1 aromatic heterocycles. The van der Waals surface area contributed by atoms with Crippen LogP contribution in [0.1, 0.15) is 6.04 Å². The molecule has 10 heteroatoms. The summed E-state index contributed by atoms with van der Waals surface area (Å²) < 4.78 is 19.2. The molecule has 2 heterocycles. The maximum Gasteiger partial charge on any atom is 0.328 e. The molecule has 2 aliphatic rings. The Morgan fingerprint density at radius 2 is 2.23 bits per heavy atom. The van der Waals surface area contributed by atoms with Crippen LogP contribution in [-0.2, 0) is 4.74 Å². The Morgan fingerprint density at radius 3 is 2.68 bits per heavy atom. The summed E-state index contributed by atoms with van der Waals surface area (Å²) in [5.41, 5.74) is -8.10. The van der Waals surface area contributed by atoms with Crippen molar-refractivity contribution in [2.45, 2.75) is 28.9 Å². The van der Waals surface area contributed by atoms with Crippen LogP contribution in [-0.4, -0.2) is 61.1 Å². The molecule has 1 saturated heterocycles. The fraction of sp³-hybridized carbons (Fsp3) is 0.583. The third-order valence-corrected chi connectivity index (χ3v) is 4.38. The lowest BCUT2D eigenvalue weighted by molar-refractivity contribution is -0.155. The second kappa shape index (κ2) is 4.23. The van der Waals surface area contributed by atoms with Gasteiger partial charge >= 0.3 is 5.69 Å².